The van der Waals surface area contributed by atoms with Gasteiger partial charge in [-0.25, -0.2) is 0 Å². The van der Waals surface area contributed by atoms with E-state index in [2.05, 4.69) is 11.4 Å². The molecule has 0 radical (unpaired) electrons. The third-order valence-corrected chi connectivity index (χ3v) is 3.82. The maximum atomic E-state index is 12.1. The highest BCUT2D eigenvalue weighted by Crippen LogP contribution is 2.14. The second kappa shape index (κ2) is 5.46. The lowest BCUT2D eigenvalue weighted by atomic mass is 10.0. The second-order valence-corrected chi connectivity index (χ2v) is 5.31. The SMILES string of the molecule is CN(Cc1cccs1)C(=O)[C@@H]1CCCCN1. The summed E-state index contributed by atoms with van der Waals surface area (Å²) < 4.78 is 0. The van der Waals surface area contributed by atoms with E-state index in [1.165, 1.54) is 11.3 Å². The number of piperidine rings is 1. The number of likely N-dealkylation sites (N-methyl/N-ethyl adjacent to an activating group) is 1. The van der Waals surface area contributed by atoms with Crippen LogP contribution in [0.3, 0.4) is 0 Å². The molecule has 3 nitrogen and oxygen atoms in total. The van der Waals surface area contributed by atoms with Gasteiger partial charge in [0, 0.05) is 11.9 Å². The van der Waals surface area contributed by atoms with Crippen molar-refractivity contribution in [1.29, 1.82) is 0 Å². The van der Waals surface area contributed by atoms with Gasteiger partial charge in [0.1, 0.15) is 0 Å². The van der Waals surface area contributed by atoms with E-state index in [-0.39, 0.29) is 11.9 Å². The Labute approximate surface area is 100 Å². The third-order valence-electron chi connectivity index (χ3n) is 2.96. The van der Waals surface area contributed by atoms with Crippen LogP contribution in [0.2, 0.25) is 0 Å². The standard InChI is InChI=1S/C12H18N2OS/c1-14(9-10-5-4-8-16-10)12(15)11-6-2-3-7-13-11/h4-5,8,11,13H,2-3,6-7,9H2,1H3/t11-/m0/s1. The Morgan fingerprint density at radius 2 is 2.50 bits per heavy atom. The van der Waals surface area contributed by atoms with Crippen molar-refractivity contribution in [2.45, 2.75) is 31.8 Å². The number of rotatable bonds is 3. The molecule has 1 fully saturated rings. The average Bonchev–Trinajstić information content (AvgIpc) is 2.82. The summed E-state index contributed by atoms with van der Waals surface area (Å²) in [7, 11) is 1.89. The summed E-state index contributed by atoms with van der Waals surface area (Å²) in [5, 5.41) is 5.34. The Morgan fingerprint density at radius 3 is 3.12 bits per heavy atom. The fourth-order valence-electron chi connectivity index (χ4n) is 2.04. The Bertz CT molecular complexity index is 331. The van der Waals surface area contributed by atoms with Crippen molar-refractivity contribution in [3.8, 4) is 0 Å². The Kier molecular flexibility index (Phi) is 3.96. The van der Waals surface area contributed by atoms with Crippen molar-refractivity contribution in [3.05, 3.63) is 22.4 Å². The zero-order chi connectivity index (χ0) is 11.4. The van der Waals surface area contributed by atoms with Crippen LogP contribution in [0.15, 0.2) is 17.5 Å². The topological polar surface area (TPSA) is 32.3 Å². The predicted molar refractivity (Wildman–Crippen MR) is 66.4 cm³/mol. The molecule has 2 heterocycles. The number of hydrogen-bond acceptors (Lipinski definition) is 3. The van der Waals surface area contributed by atoms with Crippen molar-refractivity contribution >= 4 is 17.2 Å². The fraction of sp³-hybridized carbons (Fsp3) is 0.583. The van der Waals surface area contributed by atoms with E-state index < -0.39 is 0 Å². The van der Waals surface area contributed by atoms with E-state index in [9.17, 15) is 4.79 Å². The van der Waals surface area contributed by atoms with E-state index in [0.717, 1.165) is 25.9 Å². The van der Waals surface area contributed by atoms with Crippen molar-refractivity contribution < 1.29 is 4.79 Å². The first-order chi connectivity index (χ1) is 7.77. The summed E-state index contributed by atoms with van der Waals surface area (Å²) in [6.07, 6.45) is 3.34. The smallest absolute Gasteiger partial charge is 0.239 e. The highest BCUT2D eigenvalue weighted by Gasteiger charge is 2.23. The molecule has 0 aliphatic carbocycles. The summed E-state index contributed by atoms with van der Waals surface area (Å²) >= 11 is 1.70. The van der Waals surface area contributed by atoms with E-state index in [1.807, 2.05) is 23.4 Å². The lowest BCUT2D eigenvalue weighted by Gasteiger charge is -2.27. The van der Waals surface area contributed by atoms with Gasteiger partial charge in [-0.05, 0) is 30.8 Å². The first kappa shape index (κ1) is 11.6. The summed E-state index contributed by atoms with van der Waals surface area (Å²) in [4.78, 5) is 15.2. The summed E-state index contributed by atoms with van der Waals surface area (Å²) in [5.74, 6) is 0.230. The molecule has 1 N–H and O–H groups in total. The Balaban J connectivity index is 1.88. The van der Waals surface area contributed by atoms with Gasteiger partial charge in [-0.15, -0.1) is 11.3 Å². The molecule has 0 unspecified atom stereocenters. The maximum absolute atomic E-state index is 12.1. The van der Waals surface area contributed by atoms with Crippen molar-refractivity contribution in [2.24, 2.45) is 0 Å². The molecule has 1 aliphatic rings. The molecular formula is C12H18N2OS. The monoisotopic (exact) mass is 238 g/mol. The number of hydrogen-bond donors (Lipinski definition) is 1. The Morgan fingerprint density at radius 1 is 1.62 bits per heavy atom. The molecule has 1 aliphatic heterocycles. The molecule has 0 spiro atoms. The molecule has 1 amide bonds. The normalized spacial score (nSPS) is 20.7. The molecule has 1 aromatic heterocycles. The number of nitrogens with zero attached hydrogens (tertiary/aromatic N) is 1. The number of amides is 1. The summed E-state index contributed by atoms with van der Waals surface area (Å²) in [6, 6.07) is 4.14. The van der Waals surface area contributed by atoms with Crippen LogP contribution in [0.25, 0.3) is 0 Å². The molecular weight excluding hydrogens is 220 g/mol. The first-order valence-corrected chi connectivity index (χ1v) is 6.66. The van der Waals surface area contributed by atoms with Crippen molar-refractivity contribution in [3.63, 3.8) is 0 Å². The molecule has 88 valence electrons. The predicted octanol–water partition coefficient (Wildman–Crippen LogP) is 1.85. The quantitative estimate of drug-likeness (QED) is 0.871. The third kappa shape index (κ3) is 2.83. The molecule has 1 saturated heterocycles. The van der Waals surface area contributed by atoms with Gasteiger partial charge in [-0.2, -0.15) is 0 Å². The summed E-state index contributed by atoms with van der Waals surface area (Å²) in [5.41, 5.74) is 0. The van der Waals surface area contributed by atoms with Crippen LogP contribution in [0, 0.1) is 0 Å². The van der Waals surface area contributed by atoms with Gasteiger partial charge < -0.3 is 10.2 Å². The number of carbonyl (C=O) groups excluding carboxylic acids is 1. The minimum atomic E-state index is 0.0405. The lowest BCUT2D eigenvalue weighted by molar-refractivity contribution is -0.133. The van der Waals surface area contributed by atoms with Crippen molar-refractivity contribution in [1.82, 2.24) is 10.2 Å². The van der Waals surface area contributed by atoms with Crippen LogP contribution >= 0.6 is 11.3 Å². The second-order valence-electron chi connectivity index (χ2n) is 4.28. The lowest BCUT2D eigenvalue weighted by Crippen LogP contribution is -2.46. The van der Waals surface area contributed by atoms with Gasteiger partial charge in [0.15, 0.2) is 0 Å². The van der Waals surface area contributed by atoms with E-state index in [4.69, 9.17) is 0 Å². The van der Waals surface area contributed by atoms with E-state index in [0.29, 0.717) is 0 Å². The minimum Gasteiger partial charge on any atom is -0.339 e. The average molecular weight is 238 g/mol. The molecule has 2 rings (SSSR count). The number of thiophene rings is 1. The van der Waals surface area contributed by atoms with Gasteiger partial charge in [0.2, 0.25) is 5.91 Å². The van der Waals surface area contributed by atoms with E-state index in [1.54, 1.807) is 11.3 Å². The van der Waals surface area contributed by atoms with Crippen LogP contribution in [0.4, 0.5) is 0 Å². The van der Waals surface area contributed by atoms with Gasteiger partial charge in [-0.1, -0.05) is 12.5 Å². The minimum absolute atomic E-state index is 0.0405. The van der Waals surface area contributed by atoms with Gasteiger partial charge in [0.25, 0.3) is 0 Å². The maximum Gasteiger partial charge on any atom is 0.239 e. The zero-order valence-corrected chi connectivity index (χ0v) is 10.4. The molecule has 1 aromatic rings. The Hall–Kier alpha value is -0.870. The fourth-order valence-corrected chi connectivity index (χ4v) is 2.80. The number of carbonyl (C=O) groups is 1. The molecule has 0 bridgehead atoms. The number of nitrogens with one attached hydrogen (secondary N) is 1. The van der Waals surface area contributed by atoms with Crippen LogP contribution in [0.5, 0.6) is 0 Å². The van der Waals surface area contributed by atoms with Crippen LogP contribution < -0.4 is 5.32 Å². The van der Waals surface area contributed by atoms with Gasteiger partial charge in [0.05, 0.1) is 12.6 Å². The van der Waals surface area contributed by atoms with Crippen LogP contribution in [-0.4, -0.2) is 30.4 Å². The van der Waals surface area contributed by atoms with Crippen molar-refractivity contribution in [2.75, 3.05) is 13.6 Å². The highest BCUT2D eigenvalue weighted by molar-refractivity contribution is 7.09. The summed E-state index contributed by atoms with van der Waals surface area (Å²) in [6.45, 7) is 1.71. The molecule has 16 heavy (non-hydrogen) atoms. The zero-order valence-electron chi connectivity index (χ0n) is 9.61. The largest absolute Gasteiger partial charge is 0.339 e. The first-order valence-electron chi connectivity index (χ1n) is 5.78. The highest BCUT2D eigenvalue weighted by atomic mass is 32.1. The van der Waals surface area contributed by atoms with Crippen LogP contribution in [-0.2, 0) is 11.3 Å². The van der Waals surface area contributed by atoms with Gasteiger partial charge >= 0.3 is 0 Å². The van der Waals surface area contributed by atoms with Gasteiger partial charge in [-0.3, -0.25) is 4.79 Å². The van der Waals surface area contributed by atoms with Crippen LogP contribution in [0.1, 0.15) is 24.1 Å². The molecule has 0 saturated carbocycles. The van der Waals surface area contributed by atoms with E-state index >= 15 is 0 Å². The molecule has 1 atom stereocenters. The molecule has 4 heteroatoms. The molecule has 0 aromatic carbocycles.